The zero-order chi connectivity index (χ0) is 13.5. The molecule has 4 heteroatoms. The summed E-state index contributed by atoms with van der Waals surface area (Å²) in [5.74, 6) is -0.179. The second kappa shape index (κ2) is 7.54. The lowest BCUT2D eigenvalue weighted by atomic mass is 10.0. The molecule has 0 aromatic carbocycles. The Morgan fingerprint density at radius 3 is 2.56 bits per heavy atom. The molecule has 0 aromatic rings. The molecule has 18 heavy (non-hydrogen) atoms. The van der Waals surface area contributed by atoms with Gasteiger partial charge in [-0.05, 0) is 46.7 Å². The lowest BCUT2D eigenvalue weighted by Crippen LogP contribution is -2.47. The Morgan fingerprint density at radius 1 is 1.44 bits per heavy atom. The Balaban J connectivity index is 2.27. The van der Waals surface area contributed by atoms with Gasteiger partial charge in [0.05, 0.1) is 7.11 Å². The van der Waals surface area contributed by atoms with E-state index in [1.807, 2.05) is 6.92 Å². The minimum atomic E-state index is -0.204. The topological polar surface area (TPSA) is 41.6 Å². The molecule has 1 fully saturated rings. The number of carbonyl (C=O) groups is 1. The molecule has 1 heterocycles. The van der Waals surface area contributed by atoms with Gasteiger partial charge in [0.15, 0.2) is 0 Å². The number of allylic oxidation sites excluding steroid dienone is 1. The molecule has 1 atom stereocenters. The van der Waals surface area contributed by atoms with Crippen molar-refractivity contribution in [3.05, 3.63) is 11.6 Å². The highest BCUT2D eigenvalue weighted by Gasteiger charge is 2.22. The fourth-order valence-electron chi connectivity index (χ4n) is 2.19. The van der Waals surface area contributed by atoms with Crippen LogP contribution in [0.2, 0.25) is 0 Å². The van der Waals surface area contributed by atoms with Gasteiger partial charge >= 0.3 is 5.97 Å². The molecule has 0 bridgehead atoms. The van der Waals surface area contributed by atoms with Crippen molar-refractivity contribution in [2.45, 2.75) is 45.7 Å². The summed E-state index contributed by atoms with van der Waals surface area (Å²) in [5, 5.41) is 3.34. The van der Waals surface area contributed by atoms with Crippen molar-refractivity contribution in [3.63, 3.8) is 0 Å². The van der Waals surface area contributed by atoms with Crippen LogP contribution >= 0.6 is 0 Å². The van der Waals surface area contributed by atoms with Crippen LogP contribution in [0, 0.1) is 0 Å². The summed E-state index contributed by atoms with van der Waals surface area (Å²) >= 11 is 0. The Labute approximate surface area is 110 Å². The predicted molar refractivity (Wildman–Crippen MR) is 73.5 cm³/mol. The van der Waals surface area contributed by atoms with E-state index in [9.17, 15) is 4.79 Å². The number of nitrogens with zero attached hydrogens (tertiary/aromatic N) is 1. The summed E-state index contributed by atoms with van der Waals surface area (Å²) in [4.78, 5) is 13.8. The van der Waals surface area contributed by atoms with Gasteiger partial charge in [0.25, 0.3) is 0 Å². The molecule has 4 nitrogen and oxygen atoms in total. The van der Waals surface area contributed by atoms with Crippen LogP contribution in [0.15, 0.2) is 11.6 Å². The standard InChI is InChI=1S/C14H26N2O2/c1-11(2)5-8-16-9-6-13(7-10-16)15-12(3)14(17)18-4/h5,12-13,15H,6-10H2,1-4H3. The van der Waals surface area contributed by atoms with Crippen LogP contribution in [-0.2, 0) is 9.53 Å². The number of hydrogen-bond donors (Lipinski definition) is 1. The van der Waals surface area contributed by atoms with Crippen LogP contribution in [0.25, 0.3) is 0 Å². The lowest BCUT2D eigenvalue weighted by molar-refractivity contribution is -0.142. The number of carbonyl (C=O) groups excluding carboxylic acids is 1. The molecule has 1 aliphatic heterocycles. The summed E-state index contributed by atoms with van der Waals surface area (Å²) in [6, 6.07) is 0.228. The van der Waals surface area contributed by atoms with E-state index in [1.54, 1.807) is 0 Å². The maximum absolute atomic E-state index is 11.3. The first-order valence-corrected chi connectivity index (χ1v) is 6.72. The van der Waals surface area contributed by atoms with Gasteiger partial charge in [0.1, 0.15) is 6.04 Å². The Hall–Kier alpha value is -0.870. The molecular weight excluding hydrogens is 228 g/mol. The van der Waals surface area contributed by atoms with E-state index in [0.29, 0.717) is 6.04 Å². The van der Waals surface area contributed by atoms with Gasteiger partial charge in [0.2, 0.25) is 0 Å². The van der Waals surface area contributed by atoms with Crippen molar-refractivity contribution in [1.29, 1.82) is 0 Å². The van der Waals surface area contributed by atoms with Gasteiger partial charge in [0, 0.05) is 12.6 Å². The molecule has 1 rings (SSSR count). The van der Waals surface area contributed by atoms with Gasteiger partial charge in [-0.2, -0.15) is 0 Å². The van der Waals surface area contributed by atoms with E-state index < -0.39 is 0 Å². The summed E-state index contributed by atoms with van der Waals surface area (Å²) in [6.07, 6.45) is 4.46. The number of hydrogen-bond acceptors (Lipinski definition) is 4. The second-order valence-electron chi connectivity index (χ2n) is 5.27. The van der Waals surface area contributed by atoms with Crippen LogP contribution in [0.3, 0.4) is 0 Å². The number of rotatable bonds is 5. The Morgan fingerprint density at radius 2 is 2.06 bits per heavy atom. The van der Waals surface area contributed by atoms with E-state index >= 15 is 0 Å². The molecule has 1 aliphatic rings. The molecule has 1 saturated heterocycles. The number of ether oxygens (including phenoxy) is 1. The normalized spacial score (nSPS) is 19.3. The quantitative estimate of drug-likeness (QED) is 0.597. The second-order valence-corrected chi connectivity index (χ2v) is 5.27. The van der Waals surface area contributed by atoms with Gasteiger partial charge < -0.3 is 10.1 Å². The van der Waals surface area contributed by atoms with Gasteiger partial charge in [-0.1, -0.05) is 11.6 Å². The fourth-order valence-corrected chi connectivity index (χ4v) is 2.19. The highest BCUT2D eigenvalue weighted by molar-refractivity contribution is 5.75. The third-order valence-corrected chi connectivity index (χ3v) is 3.39. The van der Waals surface area contributed by atoms with Crippen molar-refractivity contribution >= 4 is 5.97 Å². The number of methoxy groups -OCH3 is 1. The minimum Gasteiger partial charge on any atom is -0.468 e. The summed E-state index contributed by atoms with van der Waals surface area (Å²) in [5.41, 5.74) is 1.37. The number of esters is 1. The first kappa shape index (κ1) is 15.2. The third-order valence-electron chi connectivity index (χ3n) is 3.39. The summed E-state index contributed by atoms with van der Waals surface area (Å²) in [6.45, 7) is 9.35. The third kappa shape index (κ3) is 5.19. The molecule has 0 spiro atoms. The molecule has 0 aromatic heterocycles. The van der Waals surface area contributed by atoms with Crippen LogP contribution in [0.1, 0.15) is 33.6 Å². The number of likely N-dealkylation sites (tertiary alicyclic amines) is 1. The van der Waals surface area contributed by atoms with E-state index in [4.69, 9.17) is 4.74 Å². The molecule has 1 N–H and O–H groups in total. The predicted octanol–water partition coefficient (Wildman–Crippen LogP) is 1.57. The van der Waals surface area contributed by atoms with Crippen molar-refractivity contribution in [3.8, 4) is 0 Å². The van der Waals surface area contributed by atoms with Crippen molar-refractivity contribution in [2.75, 3.05) is 26.7 Å². The zero-order valence-electron chi connectivity index (χ0n) is 12.0. The SMILES string of the molecule is COC(=O)C(C)NC1CCN(CC=C(C)C)CC1. The van der Waals surface area contributed by atoms with Crippen molar-refractivity contribution < 1.29 is 9.53 Å². The lowest BCUT2D eigenvalue weighted by Gasteiger charge is -2.32. The first-order chi connectivity index (χ1) is 8.52. The maximum atomic E-state index is 11.3. The van der Waals surface area contributed by atoms with E-state index in [1.165, 1.54) is 12.7 Å². The van der Waals surface area contributed by atoms with Gasteiger partial charge in [-0.3, -0.25) is 9.69 Å². The minimum absolute atomic E-state index is 0.179. The molecule has 0 amide bonds. The zero-order valence-corrected chi connectivity index (χ0v) is 12.0. The Kier molecular flexibility index (Phi) is 6.36. The average molecular weight is 254 g/mol. The van der Waals surface area contributed by atoms with E-state index in [-0.39, 0.29) is 12.0 Å². The first-order valence-electron chi connectivity index (χ1n) is 6.72. The molecule has 0 aliphatic carbocycles. The van der Waals surface area contributed by atoms with Crippen LogP contribution < -0.4 is 5.32 Å². The van der Waals surface area contributed by atoms with Gasteiger partial charge in [-0.15, -0.1) is 0 Å². The smallest absolute Gasteiger partial charge is 0.322 e. The van der Waals surface area contributed by atoms with Crippen molar-refractivity contribution in [1.82, 2.24) is 10.2 Å². The molecule has 0 radical (unpaired) electrons. The summed E-state index contributed by atoms with van der Waals surface area (Å²) < 4.78 is 4.72. The average Bonchev–Trinajstić information content (AvgIpc) is 2.36. The largest absolute Gasteiger partial charge is 0.468 e. The van der Waals surface area contributed by atoms with Gasteiger partial charge in [-0.25, -0.2) is 0 Å². The maximum Gasteiger partial charge on any atom is 0.322 e. The van der Waals surface area contributed by atoms with Crippen LogP contribution in [-0.4, -0.2) is 49.7 Å². The van der Waals surface area contributed by atoms with Crippen LogP contribution in [0.5, 0.6) is 0 Å². The Bertz CT molecular complexity index is 290. The fraction of sp³-hybridized carbons (Fsp3) is 0.786. The van der Waals surface area contributed by atoms with E-state index in [0.717, 1.165) is 32.5 Å². The number of piperidine rings is 1. The highest BCUT2D eigenvalue weighted by Crippen LogP contribution is 2.11. The monoisotopic (exact) mass is 254 g/mol. The molecule has 0 saturated carbocycles. The molecular formula is C14H26N2O2. The molecule has 104 valence electrons. The van der Waals surface area contributed by atoms with Crippen LogP contribution in [0.4, 0.5) is 0 Å². The van der Waals surface area contributed by atoms with E-state index in [2.05, 4.69) is 30.1 Å². The number of nitrogens with one attached hydrogen (secondary N) is 1. The summed E-state index contributed by atoms with van der Waals surface area (Å²) in [7, 11) is 1.43. The molecule has 1 unspecified atom stereocenters. The highest BCUT2D eigenvalue weighted by atomic mass is 16.5. The van der Waals surface area contributed by atoms with Crippen molar-refractivity contribution in [2.24, 2.45) is 0 Å².